The Labute approximate surface area is 161 Å². The van der Waals surface area contributed by atoms with Gasteiger partial charge in [-0.3, -0.25) is 9.48 Å². The lowest BCUT2D eigenvalue weighted by Gasteiger charge is -2.08. The van der Waals surface area contributed by atoms with Gasteiger partial charge in [-0.2, -0.15) is 5.10 Å². The Balaban J connectivity index is 1.70. The number of hydrogen-bond acceptors (Lipinski definition) is 4. The van der Waals surface area contributed by atoms with Gasteiger partial charge in [0.05, 0.1) is 16.3 Å². The fourth-order valence-electron chi connectivity index (χ4n) is 2.95. The van der Waals surface area contributed by atoms with Crippen molar-refractivity contribution in [2.24, 2.45) is 0 Å². The largest absolute Gasteiger partial charge is 0.360 e. The van der Waals surface area contributed by atoms with Gasteiger partial charge in [-0.25, -0.2) is 4.39 Å². The molecule has 6 nitrogen and oxygen atoms in total. The highest BCUT2D eigenvalue weighted by Gasteiger charge is 2.25. The first kappa shape index (κ1) is 19.1. The predicted molar refractivity (Wildman–Crippen MR) is 100 cm³/mol. The summed E-state index contributed by atoms with van der Waals surface area (Å²) < 4.78 is 21.2. The van der Waals surface area contributed by atoms with Gasteiger partial charge in [0.15, 0.2) is 0 Å². The molecule has 27 heavy (non-hydrogen) atoms. The number of amides is 1. The van der Waals surface area contributed by atoms with Crippen LogP contribution in [0.1, 0.15) is 33.9 Å². The highest BCUT2D eigenvalue weighted by atomic mass is 35.5. The van der Waals surface area contributed by atoms with Gasteiger partial charge in [-0.05, 0) is 45.4 Å². The second-order valence-corrected chi connectivity index (χ2v) is 6.73. The fourth-order valence-corrected chi connectivity index (χ4v) is 3.21. The van der Waals surface area contributed by atoms with Crippen LogP contribution in [-0.2, 0) is 6.54 Å². The topological polar surface area (TPSA) is 73.0 Å². The van der Waals surface area contributed by atoms with Gasteiger partial charge in [-0.15, -0.1) is 0 Å². The molecular weight excluding hydrogens is 371 g/mol. The van der Waals surface area contributed by atoms with E-state index in [1.54, 1.807) is 13.0 Å². The summed E-state index contributed by atoms with van der Waals surface area (Å²) in [5, 5.41) is 11.2. The summed E-state index contributed by atoms with van der Waals surface area (Å²) >= 11 is 6.10. The second-order valence-electron chi connectivity index (χ2n) is 6.32. The third-order valence-corrected chi connectivity index (χ3v) is 4.54. The minimum atomic E-state index is -0.561. The lowest BCUT2D eigenvalue weighted by molar-refractivity contribution is 0.0951. The zero-order valence-corrected chi connectivity index (χ0v) is 16.1. The smallest absolute Gasteiger partial charge is 0.257 e. The molecule has 0 radical (unpaired) electrons. The third-order valence-electron chi connectivity index (χ3n) is 4.22. The Morgan fingerprint density at radius 3 is 2.78 bits per heavy atom. The van der Waals surface area contributed by atoms with Crippen molar-refractivity contribution < 1.29 is 13.7 Å². The van der Waals surface area contributed by atoms with Crippen LogP contribution in [0.25, 0.3) is 11.3 Å². The highest BCUT2D eigenvalue weighted by Crippen LogP contribution is 2.33. The Kier molecular flexibility index (Phi) is 5.60. The quantitative estimate of drug-likeness (QED) is 0.644. The van der Waals surface area contributed by atoms with Crippen molar-refractivity contribution in [1.29, 1.82) is 0 Å². The van der Waals surface area contributed by atoms with E-state index in [9.17, 15) is 9.18 Å². The highest BCUT2D eigenvalue weighted by molar-refractivity contribution is 6.33. The number of aryl methyl sites for hydroxylation is 4. The molecule has 0 saturated heterocycles. The summed E-state index contributed by atoms with van der Waals surface area (Å²) in [6, 6.07) is 6.30. The molecule has 2 aromatic heterocycles. The van der Waals surface area contributed by atoms with E-state index in [0.717, 1.165) is 11.4 Å². The molecule has 1 N–H and O–H groups in total. The summed E-state index contributed by atoms with van der Waals surface area (Å²) in [6.07, 6.45) is 0.702. The number of benzene rings is 1. The molecule has 0 bridgehead atoms. The number of rotatable bonds is 6. The van der Waals surface area contributed by atoms with E-state index >= 15 is 0 Å². The van der Waals surface area contributed by atoms with Gasteiger partial charge < -0.3 is 9.84 Å². The van der Waals surface area contributed by atoms with E-state index in [1.807, 2.05) is 24.6 Å². The summed E-state index contributed by atoms with van der Waals surface area (Å²) in [6.45, 7) is 6.66. The molecule has 8 heteroatoms. The average Bonchev–Trinajstić information content (AvgIpc) is 3.13. The van der Waals surface area contributed by atoms with Crippen LogP contribution in [0.5, 0.6) is 0 Å². The molecule has 0 spiro atoms. The van der Waals surface area contributed by atoms with Gasteiger partial charge in [0.2, 0.25) is 0 Å². The third kappa shape index (κ3) is 4.03. The van der Waals surface area contributed by atoms with Crippen LogP contribution in [0.15, 0.2) is 28.8 Å². The monoisotopic (exact) mass is 390 g/mol. The van der Waals surface area contributed by atoms with Gasteiger partial charge in [0.25, 0.3) is 5.91 Å². The van der Waals surface area contributed by atoms with Crippen molar-refractivity contribution in [2.45, 2.75) is 33.7 Å². The molecule has 3 aromatic rings. The number of carbonyl (C=O) groups is 1. The molecule has 2 heterocycles. The first-order valence-electron chi connectivity index (χ1n) is 8.58. The van der Waals surface area contributed by atoms with Crippen molar-refractivity contribution in [1.82, 2.24) is 20.3 Å². The summed E-state index contributed by atoms with van der Waals surface area (Å²) in [5.74, 6) is -0.633. The van der Waals surface area contributed by atoms with E-state index in [1.165, 1.54) is 12.1 Å². The molecule has 142 valence electrons. The average molecular weight is 391 g/mol. The van der Waals surface area contributed by atoms with E-state index in [4.69, 9.17) is 16.1 Å². The molecule has 1 amide bonds. The molecule has 0 aliphatic carbocycles. The fraction of sp³-hybridized carbons (Fsp3) is 0.316. The molecule has 0 unspecified atom stereocenters. The lowest BCUT2D eigenvalue weighted by Crippen LogP contribution is -2.26. The van der Waals surface area contributed by atoms with Crippen molar-refractivity contribution in [2.75, 3.05) is 6.54 Å². The summed E-state index contributed by atoms with van der Waals surface area (Å²) in [4.78, 5) is 12.6. The van der Waals surface area contributed by atoms with Crippen LogP contribution >= 0.6 is 11.6 Å². The normalized spacial score (nSPS) is 11.0. The van der Waals surface area contributed by atoms with Crippen LogP contribution in [0.3, 0.4) is 0 Å². The van der Waals surface area contributed by atoms with Gasteiger partial charge in [0, 0.05) is 18.8 Å². The maximum atomic E-state index is 14.2. The Bertz CT molecular complexity index is 960. The van der Waals surface area contributed by atoms with Crippen LogP contribution in [-0.4, -0.2) is 27.4 Å². The number of halogens is 2. The van der Waals surface area contributed by atoms with E-state index < -0.39 is 5.82 Å². The van der Waals surface area contributed by atoms with Gasteiger partial charge in [0.1, 0.15) is 22.8 Å². The molecule has 1 aromatic carbocycles. The first-order valence-corrected chi connectivity index (χ1v) is 8.96. The zero-order valence-electron chi connectivity index (χ0n) is 15.3. The minimum Gasteiger partial charge on any atom is -0.360 e. The molecule has 0 aliphatic heterocycles. The van der Waals surface area contributed by atoms with Crippen LogP contribution in [0.2, 0.25) is 5.02 Å². The molecule has 0 saturated carbocycles. The number of aromatic nitrogens is 3. The van der Waals surface area contributed by atoms with E-state index in [0.29, 0.717) is 25.3 Å². The maximum Gasteiger partial charge on any atom is 0.257 e. The van der Waals surface area contributed by atoms with Crippen LogP contribution in [0.4, 0.5) is 4.39 Å². The van der Waals surface area contributed by atoms with E-state index in [-0.39, 0.29) is 27.8 Å². The summed E-state index contributed by atoms with van der Waals surface area (Å²) in [7, 11) is 0. The van der Waals surface area contributed by atoms with Gasteiger partial charge >= 0.3 is 0 Å². The molecule has 0 aliphatic rings. The Hall–Kier alpha value is -2.67. The molecule has 3 rings (SSSR count). The standard InChI is InChI=1S/C19H20ClFN4O2/c1-11-10-12(2)25(23-11)9-5-8-22-19(26)16-13(3)27-24-18(16)17-14(20)6-4-7-15(17)21/h4,6-7,10H,5,8-9H2,1-3H3,(H,22,26). The number of nitrogens with one attached hydrogen (secondary N) is 1. The van der Waals surface area contributed by atoms with Crippen molar-refractivity contribution in [3.8, 4) is 11.3 Å². The number of carbonyl (C=O) groups excluding carboxylic acids is 1. The zero-order chi connectivity index (χ0) is 19.6. The number of hydrogen-bond donors (Lipinski definition) is 1. The minimum absolute atomic E-state index is 0.0591. The van der Waals surface area contributed by atoms with Crippen LogP contribution < -0.4 is 5.32 Å². The summed E-state index contributed by atoms with van der Waals surface area (Å²) in [5.41, 5.74) is 2.39. The van der Waals surface area contributed by atoms with E-state index in [2.05, 4.69) is 15.6 Å². The predicted octanol–water partition coefficient (Wildman–Crippen LogP) is 4.08. The number of nitrogens with zero attached hydrogens (tertiary/aromatic N) is 3. The SMILES string of the molecule is Cc1cc(C)n(CCCNC(=O)c2c(-c3c(F)cccc3Cl)noc2C)n1. The molecular formula is C19H20ClFN4O2. The molecule has 0 fully saturated rings. The van der Waals surface area contributed by atoms with Crippen LogP contribution in [0, 0.1) is 26.6 Å². The molecule has 0 atom stereocenters. The Morgan fingerprint density at radius 2 is 2.11 bits per heavy atom. The van der Waals surface area contributed by atoms with Crippen molar-refractivity contribution in [3.05, 3.63) is 57.8 Å². The second kappa shape index (κ2) is 7.92. The van der Waals surface area contributed by atoms with Crippen molar-refractivity contribution in [3.63, 3.8) is 0 Å². The first-order chi connectivity index (χ1) is 12.9. The lowest BCUT2D eigenvalue weighted by atomic mass is 10.0. The van der Waals surface area contributed by atoms with Crippen molar-refractivity contribution >= 4 is 17.5 Å². The Morgan fingerprint density at radius 1 is 1.33 bits per heavy atom. The maximum absolute atomic E-state index is 14.2. The van der Waals surface area contributed by atoms with Gasteiger partial charge in [-0.1, -0.05) is 22.8 Å².